The predicted octanol–water partition coefficient (Wildman–Crippen LogP) is 3.28. The smallest absolute Gasteiger partial charge is 0.270 e. The molecule has 0 spiro atoms. The van der Waals surface area contributed by atoms with Crippen molar-refractivity contribution >= 4 is 17.2 Å². The molecule has 1 saturated heterocycles. The summed E-state index contributed by atoms with van der Waals surface area (Å²) in [5.74, 6) is -0.111. The van der Waals surface area contributed by atoms with Gasteiger partial charge in [0, 0.05) is 25.0 Å². The predicted molar refractivity (Wildman–Crippen MR) is 110 cm³/mol. The Labute approximate surface area is 165 Å². The second-order valence-electron chi connectivity index (χ2n) is 7.32. The number of carbonyl (C=O) groups is 1. The highest BCUT2D eigenvalue weighted by Crippen LogP contribution is 2.21. The van der Waals surface area contributed by atoms with E-state index in [1.54, 1.807) is 0 Å². The van der Waals surface area contributed by atoms with Gasteiger partial charge in [-0.05, 0) is 50.1 Å². The van der Waals surface area contributed by atoms with Gasteiger partial charge in [-0.2, -0.15) is 0 Å². The number of ether oxygens (including phenoxy) is 1. The van der Waals surface area contributed by atoms with Gasteiger partial charge in [0.25, 0.3) is 5.91 Å². The lowest BCUT2D eigenvalue weighted by Crippen LogP contribution is -2.36. The molecule has 1 aliphatic heterocycles. The first-order valence-electron chi connectivity index (χ1n) is 9.72. The van der Waals surface area contributed by atoms with Crippen LogP contribution in [-0.2, 0) is 4.74 Å². The molecule has 0 saturated carbocycles. The number of hydrogen-bond acceptors (Lipinski definition) is 4. The average molecular weight is 378 g/mol. The molecule has 1 atom stereocenters. The maximum atomic E-state index is 13.0. The molecular formula is C22H26N4O2. The molecule has 28 heavy (non-hydrogen) atoms. The number of morpholine rings is 1. The molecule has 146 valence electrons. The quantitative estimate of drug-likeness (QED) is 0.757. The van der Waals surface area contributed by atoms with Crippen LogP contribution in [0, 0.1) is 13.8 Å². The summed E-state index contributed by atoms with van der Waals surface area (Å²) in [6.45, 7) is 9.26. The van der Waals surface area contributed by atoms with E-state index in [1.807, 2.05) is 43.5 Å². The molecule has 0 aliphatic carbocycles. The highest BCUT2D eigenvalue weighted by molar-refractivity contribution is 5.95. The minimum Gasteiger partial charge on any atom is -0.378 e. The third kappa shape index (κ3) is 3.47. The van der Waals surface area contributed by atoms with E-state index in [4.69, 9.17) is 4.74 Å². The summed E-state index contributed by atoms with van der Waals surface area (Å²) in [6, 6.07) is 12.2. The molecule has 6 heteroatoms. The Kier molecular flexibility index (Phi) is 5.05. The van der Waals surface area contributed by atoms with E-state index in [9.17, 15) is 4.79 Å². The summed E-state index contributed by atoms with van der Waals surface area (Å²) in [5, 5.41) is 3.12. The number of rotatable bonds is 4. The second kappa shape index (κ2) is 7.64. The van der Waals surface area contributed by atoms with Gasteiger partial charge in [0.05, 0.1) is 24.9 Å². The molecule has 3 heterocycles. The van der Waals surface area contributed by atoms with E-state index in [0.717, 1.165) is 48.8 Å². The number of carbonyl (C=O) groups excluding carboxylic acids is 1. The molecule has 6 nitrogen and oxygen atoms in total. The summed E-state index contributed by atoms with van der Waals surface area (Å²) in [6.07, 6.45) is 1.89. The van der Waals surface area contributed by atoms with Crippen LogP contribution in [0.3, 0.4) is 0 Å². The number of nitrogens with zero attached hydrogens (tertiary/aromatic N) is 3. The Bertz CT molecular complexity index is 988. The van der Waals surface area contributed by atoms with Gasteiger partial charge < -0.3 is 15.0 Å². The van der Waals surface area contributed by atoms with Crippen LogP contribution in [-0.4, -0.2) is 41.6 Å². The molecule has 0 radical (unpaired) electrons. The summed E-state index contributed by atoms with van der Waals surface area (Å²) in [5.41, 5.74) is 5.48. The fourth-order valence-corrected chi connectivity index (χ4v) is 3.73. The van der Waals surface area contributed by atoms with Crippen LogP contribution in [0.2, 0.25) is 0 Å². The van der Waals surface area contributed by atoms with Crippen molar-refractivity contribution in [3.05, 3.63) is 65.1 Å². The third-order valence-electron chi connectivity index (χ3n) is 5.35. The Morgan fingerprint density at radius 3 is 2.57 bits per heavy atom. The van der Waals surface area contributed by atoms with Gasteiger partial charge in [-0.1, -0.05) is 18.2 Å². The zero-order valence-corrected chi connectivity index (χ0v) is 16.6. The van der Waals surface area contributed by atoms with E-state index >= 15 is 0 Å². The largest absolute Gasteiger partial charge is 0.378 e. The first-order chi connectivity index (χ1) is 13.5. The van der Waals surface area contributed by atoms with Gasteiger partial charge in [-0.25, -0.2) is 4.98 Å². The number of aromatic nitrogens is 2. The highest BCUT2D eigenvalue weighted by atomic mass is 16.5. The molecule has 1 amide bonds. The van der Waals surface area contributed by atoms with Crippen molar-refractivity contribution in [1.29, 1.82) is 0 Å². The van der Waals surface area contributed by atoms with Crippen LogP contribution >= 0.6 is 0 Å². The van der Waals surface area contributed by atoms with Gasteiger partial charge in [0.1, 0.15) is 11.3 Å². The van der Waals surface area contributed by atoms with E-state index in [1.165, 1.54) is 5.69 Å². The first kappa shape index (κ1) is 18.5. The average Bonchev–Trinajstić information content (AvgIpc) is 3.06. The SMILES string of the molecule is Cc1nc2c(C)cccn2c1C(=O)NC(C)c1ccc(N2CCOCC2)cc1. The third-order valence-corrected chi connectivity index (χ3v) is 5.35. The molecule has 1 unspecified atom stereocenters. The minimum absolute atomic E-state index is 0.0963. The monoisotopic (exact) mass is 378 g/mol. The number of aryl methyl sites for hydroxylation is 2. The summed E-state index contributed by atoms with van der Waals surface area (Å²) < 4.78 is 7.28. The molecular weight excluding hydrogens is 352 g/mol. The lowest BCUT2D eigenvalue weighted by Gasteiger charge is -2.29. The number of anilines is 1. The van der Waals surface area contributed by atoms with E-state index in [0.29, 0.717) is 5.69 Å². The minimum atomic E-state index is -0.111. The van der Waals surface area contributed by atoms with Crippen molar-refractivity contribution in [2.24, 2.45) is 0 Å². The van der Waals surface area contributed by atoms with Crippen LogP contribution in [0.4, 0.5) is 5.69 Å². The van der Waals surface area contributed by atoms with Crippen molar-refractivity contribution in [2.75, 3.05) is 31.2 Å². The van der Waals surface area contributed by atoms with Crippen LogP contribution < -0.4 is 10.2 Å². The van der Waals surface area contributed by atoms with Gasteiger partial charge >= 0.3 is 0 Å². The Hall–Kier alpha value is -2.86. The lowest BCUT2D eigenvalue weighted by atomic mass is 10.1. The van der Waals surface area contributed by atoms with Crippen LogP contribution in [0.1, 0.15) is 40.3 Å². The normalized spacial score (nSPS) is 15.6. The van der Waals surface area contributed by atoms with Crippen molar-refractivity contribution in [3.63, 3.8) is 0 Å². The molecule has 1 aromatic carbocycles. The summed E-state index contributed by atoms with van der Waals surface area (Å²) in [4.78, 5) is 19.8. The van der Waals surface area contributed by atoms with Crippen molar-refractivity contribution in [3.8, 4) is 0 Å². The number of amides is 1. The first-order valence-corrected chi connectivity index (χ1v) is 9.72. The summed E-state index contributed by atoms with van der Waals surface area (Å²) in [7, 11) is 0. The Morgan fingerprint density at radius 1 is 1.14 bits per heavy atom. The molecule has 4 rings (SSSR count). The standard InChI is InChI=1S/C22H26N4O2/c1-15-5-4-10-26-20(17(3)23-21(15)26)22(27)24-16(2)18-6-8-19(9-7-18)25-11-13-28-14-12-25/h4-10,16H,11-14H2,1-3H3,(H,24,27). The maximum Gasteiger partial charge on any atom is 0.270 e. The maximum absolute atomic E-state index is 13.0. The van der Waals surface area contributed by atoms with Gasteiger partial charge in [-0.3, -0.25) is 9.20 Å². The zero-order valence-electron chi connectivity index (χ0n) is 16.6. The molecule has 0 bridgehead atoms. The number of imidazole rings is 1. The van der Waals surface area contributed by atoms with Crippen LogP contribution in [0.15, 0.2) is 42.6 Å². The fraction of sp³-hybridized carbons (Fsp3) is 0.364. The molecule has 2 aromatic heterocycles. The molecule has 1 aliphatic rings. The van der Waals surface area contributed by atoms with Gasteiger partial charge in [-0.15, -0.1) is 0 Å². The molecule has 3 aromatic rings. The highest BCUT2D eigenvalue weighted by Gasteiger charge is 2.20. The molecule has 1 fully saturated rings. The molecule has 1 N–H and O–H groups in total. The van der Waals surface area contributed by atoms with Gasteiger partial charge in [0.2, 0.25) is 0 Å². The van der Waals surface area contributed by atoms with E-state index in [-0.39, 0.29) is 11.9 Å². The van der Waals surface area contributed by atoms with Crippen LogP contribution in [0.25, 0.3) is 5.65 Å². The number of benzene rings is 1. The van der Waals surface area contributed by atoms with Crippen molar-refractivity contribution in [1.82, 2.24) is 14.7 Å². The number of pyridine rings is 1. The van der Waals surface area contributed by atoms with Crippen LogP contribution in [0.5, 0.6) is 0 Å². The summed E-state index contributed by atoms with van der Waals surface area (Å²) >= 11 is 0. The second-order valence-corrected chi connectivity index (χ2v) is 7.32. The Balaban J connectivity index is 1.50. The fourth-order valence-electron chi connectivity index (χ4n) is 3.73. The van der Waals surface area contributed by atoms with Crippen molar-refractivity contribution < 1.29 is 9.53 Å². The van der Waals surface area contributed by atoms with Crippen molar-refractivity contribution in [2.45, 2.75) is 26.8 Å². The van der Waals surface area contributed by atoms with E-state index < -0.39 is 0 Å². The zero-order chi connectivity index (χ0) is 19.7. The Morgan fingerprint density at radius 2 is 1.86 bits per heavy atom. The number of nitrogens with one attached hydrogen (secondary N) is 1. The number of hydrogen-bond donors (Lipinski definition) is 1. The van der Waals surface area contributed by atoms with E-state index in [2.05, 4.69) is 39.5 Å². The topological polar surface area (TPSA) is 58.9 Å². The lowest BCUT2D eigenvalue weighted by molar-refractivity contribution is 0.0933. The van der Waals surface area contributed by atoms with Gasteiger partial charge in [0.15, 0.2) is 0 Å². The number of fused-ring (bicyclic) bond motifs is 1.